The first-order valence-electron chi connectivity index (χ1n) is 21.0. The number of hydrogen-bond acceptors (Lipinski definition) is 26. The molecule has 3 fully saturated rings. The molecule has 0 amide bonds. The number of aliphatic hydroxyl groups is 1. The average Bonchev–Trinajstić information content (AvgIpc) is 4.13. The number of aliphatic hydroxyl groups excluding tert-OH is 1. The highest BCUT2D eigenvalue weighted by atomic mass is 32.7. The predicted molar refractivity (Wildman–Crippen MR) is 242 cm³/mol. The summed E-state index contributed by atoms with van der Waals surface area (Å²) < 4.78 is 112. The van der Waals surface area contributed by atoms with Crippen molar-refractivity contribution >= 4 is 68.9 Å². The van der Waals surface area contributed by atoms with E-state index in [0.717, 1.165) is 30.3 Å². The Morgan fingerprint density at radius 3 is 1.57 bits per heavy atom. The molecule has 34 nitrogen and oxygen atoms in total. The van der Waals surface area contributed by atoms with E-state index >= 15 is 0 Å². The number of phosphoric ester groups is 2. The van der Waals surface area contributed by atoms with Crippen LogP contribution in [-0.4, -0.2) is 166 Å². The molecular weight excluding hydrogens is 1050 g/mol. The number of anilines is 2. The van der Waals surface area contributed by atoms with Gasteiger partial charge in [-0.25, -0.2) is 28.5 Å². The highest BCUT2D eigenvalue weighted by molar-refractivity contribution is 8.44. The summed E-state index contributed by atoms with van der Waals surface area (Å²) in [7, 11) is -6.80. The molecule has 0 bridgehead atoms. The minimum Gasteiger partial charge on any atom is -0.394 e. The second-order valence-corrected chi connectivity index (χ2v) is 21.4. The molecule has 3 aliphatic heterocycles. The maximum atomic E-state index is 14.1. The fourth-order valence-electron chi connectivity index (χ4n) is 8.28. The molecule has 8 heterocycles. The van der Waals surface area contributed by atoms with Gasteiger partial charge in [-0.3, -0.25) is 70.2 Å². The van der Waals surface area contributed by atoms with Gasteiger partial charge in [-0.1, -0.05) is 12.2 Å². The number of ether oxygens (including phenoxy) is 6. The van der Waals surface area contributed by atoms with E-state index in [1.165, 1.54) is 36.6 Å². The number of hydrogen-bond donors (Lipinski definition) is 9. The van der Waals surface area contributed by atoms with Crippen molar-refractivity contribution in [2.24, 2.45) is 0 Å². The van der Waals surface area contributed by atoms with Gasteiger partial charge in [0.15, 0.2) is 41.0 Å². The van der Waals surface area contributed by atoms with Gasteiger partial charge < -0.3 is 54.8 Å². The van der Waals surface area contributed by atoms with Gasteiger partial charge in [-0.2, -0.15) is 9.97 Å². The van der Waals surface area contributed by atoms with Crippen molar-refractivity contribution in [2.45, 2.75) is 80.5 Å². The lowest BCUT2D eigenvalue weighted by molar-refractivity contribution is -0.0626. The van der Waals surface area contributed by atoms with Crippen LogP contribution in [0.5, 0.6) is 0 Å². The monoisotopic (exact) mass is 1100 g/mol. The van der Waals surface area contributed by atoms with E-state index < -0.39 is 138 Å². The predicted octanol–water partition coefficient (Wildman–Crippen LogP) is -1.84. The van der Waals surface area contributed by atoms with Gasteiger partial charge in [0.2, 0.25) is 11.9 Å². The quantitative estimate of drug-likeness (QED) is 0.0288. The molecule has 8 unspecified atom stereocenters. The van der Waals surface area contributed by atoms with Crippen LogP contribution in [-0.2, 0) is 69.3 Å². The summed E-state index contributed by atoms with van der Waals surface area (Å²) in [5.41, 5.74) is 7.92. The Labute approximate surface area is 407 Å². The molecule has 0 aromatic carbocycles. The summed E-state index contributed by atoms with van der Waals surface area (Å²) in [5.74, 6) is -0.546. The maximum Gasteiger partial charge on any atom is 0.472 e. The van der Waals surface area contributed by atoms with Gasteiger partial charge in [-0.05, 0) is 6.92 Å². The van der Waals surface area contributed by atoms with Crippen LogP contribution in [0, 0.1) is 0 Å². The number of nitrogen functional groups attached to an aromatic ring is 2. The minimum absolute atomic E-state index is 0.0280. The molecule has 3 aliphatic rings. The number of imidazole rings is 2. The van der Waals surface area contributed by atoms with Gasteiger partial charge in [0.05, 0.1) is 39.1 Å². The third kappa shape index (κ3) is 11.0. The Morgan fingerprint density at radius 2 is 1.11 bits per heavy atom. The first kappa shape index (κ1) is 53.7. The van der Waals surface area contributed by atoms with Crippen molar-refractivity contribution in [2.75, 3.05) is 59.2 Å². The van der Waals surface area contributed by atoms with Crippen LogP contribution in [0.3, 0.4) is 0 Å². The normalized spacial score (nSPS) is 30.2. The van der Waals surface area contributed by atoms with Crippen LogP contribution < -0.4 is 33.8 Å². The highest BCUT2D eigenvalue weighted by Gasteiger charge is 2.55. The van der Waals surface area contributed by atoms with Crippen LogP contribution in [0.4, 0.5) is 11.9 Å². The van der Waals surface area contributed by atoms with Crippen molar-refractivity contribution in [3.8, 4) is 0 Å². The molecule has 38 heteroatoms. The highest BCUT2D eigenvalue weighted by Crippen LogP contribution is 2.58. The number of rotatable bonds is 21. The Balaban J connectivity index is 1.03. The van der Waals surface area contributed by atoms with Crippen LogP contribution in [0.15, 0.2) is 44.1 Å². The Morgan fingerprint density at radius 1 is 0.667 bits per heavy atom. The molecule has 0 radical (unpaired) electrons. The van der Waals surface area contributed by atoms with Gasteiger partial charge >= 0.3 is 28.1 Å². The number of methoxy groups -OCH3 is 3. The van der Waals surface area contributed by atoms with Crippen molar-refractivity contribution in [1.82, 2.24) is 48.6 Å². The van der Waals surface area contributed by atoms with Crippen LogP contribution in [0.2, 0.25) is 0 Å². The zero-order valence-electron chi connectivity index (χ0n) is 37.7. The van der Waals surface area contributed by atoms with E-state index in [1.807, 2.05) is 4.98 Å². The number of phosphoric acid groups is 2. The van der Waals surface area contributed by atoms with Crippen LogP contribution >= 0.6 is 34.7 Å². The maximum absolute atomic E-state index is 14.1. The lowest BCUT2D eigenvalue weighted by Crippen LogP contribution is -2.40. The largest absolute Gasteiger partial charge is 0.472 e. The SMILES string of the molecule is CCOP(=O)(O)OC1C(OC)[C@H](n2cnc3c(=O)[nH]c(N)nc32)O[C@@H]1COP(=O)(O)OC1C(OC)[C@H](n2ccc(=O)[nH]c2=O)O[C@@H]1CO[P@](=O)(S)OC1C(OC)[C@H](n2cnc3c(=O)[nH]c(N)nc32)O[C@@H]1CO. The standard InChI is InChI=1S/C34H47N12O22P3S/c1-5-60-69(52,53)66-20-14(65-31(24(20)59-4)46-12-38-18-26(46)41-33(36)43-28(18)50)9-61-70(54,55)67-21-15(64-29(23(21)58-3)44-7-6-16(48)39-34(44)51)10-62-71(56,72)68-19-13(8-47)63-30(22(19)57-2)45-11-37-17-25(45)40-32(35)42-27(17)49/h6-7,11-15,19-24,29-31,47H,5,8-10H2,1-4H3,(H,52,53)(H,54,55)(H,56,72)(H,39,48,51)(H3,35,40,42,49)(H3,36,41,43,50)/t13-,14-,15-,19?,20?,21?,22?,23?,24?,29-,30-,31-,71+/m1/s1. The first-order chi connectivity index (χ1) is 34.1. The molecule has 8 rings (SSSR count). The summed E-state index contributed by atoms with van der Waals surface area (Å²) in [5, 5.41) is 10.3. The van der Waals surface area contributed by atoms with Crippen molar-refractivity contribution in [3.63, 3.8) is 0 Å². The summed E-state index contributed by atoms with van der Waals surface area (Å²) >= 11 is 4.13. The van der Waals surface area contributed by atoms with Crippen molar-refractivity contribution < 1.29 is 84.2 Å². The van der Waals surface area contributed by atoms with Gasteiger partial charge in [0.25, 0.3) is 16.7 Å². The van der Waals surface area contributed by atoms with Gasteiger partial charge in [-0.15, -0.1) is 0 Å². The summed E-state index contributed by atoms with van der Waals surface area (Å²) in [4.78, 5) is 94.9. The smallest absolute Gasteiger partial charge is 0.394 e. The molecule has 10 N–H and O–H groups in total. The lowest BCUT2D eigenvalue weighted by atomic mass is 10.1. The van der Waals surface area contributed by atoms with Crippen molar-refractivity contribution in [3.05, 3.63) is 66.5 Å². The summed E-state index contributed by atoms with van der Waals surface area (Å²) in [6, 6.07) is 0.969. The zero-order chi connectivity index (χ0) is 52.0. The second kappa shape index (κ2) is 21.3. The number of H-pyrrole nitrogens is 3. The van der Waals surface area contributed by atoms with E-state index in [-0.39, 0.29) is 40.8 Å². The third-order valence-electron chi connectivity index (χ3n) is 11.3. The Kier molecular flexibility index (Phi) is 15.9. The summed E-state index contributed by atoms with van der Waals surface area (Å²) in [6.45, 7) is -6.12. The molecular formula is C34H47N12O22P3S. The number of aromatic amines is 3. The number of thiol groups is 1. The fourth-order valence-corrected chi connectivity index (χ4v) is 11.7. The zero-order valence-corrected chi connectivity index (χ0v) is 41.3. The van der Waals surface area contributed by atoms with Crippen LogP contribution in [0.1, 0.15) is 25.6 Å². The number of nitrogens with two attached hydrogens (primary N) is 2. The van der Waals surface area contributed by atoms with Gasteiger partial charge in [0, 0.05) is 33.6 Å². The molecule has 0 spiro atoms. The Bertz CT molecular complexity index is 3170. The molecule has 0 aliphatic carbocycles. The first-order valence-corrected chi connectivity index (χ1v) is 26.7. The van der Waals surface area contributed by atoms with E-state index in [9.17, 15) is 47.8 Å². The van der Waals surface area contributed by atoms with E-state index in [2.05, 4.69) is 42.2 Å². The van der Waals surface area contributed by atoms with Crippen LogP contribution in [0.25, 0.3) is 22.3 Å². The number of nitrogens with one attached hydrogen (secondary N) is 3. The third-order valence-corrected chi connectivity index (χ3v) is 15.0. The molecule has 15 atom stereocenters. The van der Waals surface area contributed by atoms with E-state index in [1.54, 1.807) is 0 Å². The van der Waals surface area contributed by atoms with E-state index in [4.69, 9.17) is 67.0 Å². The number of aromatic nitrogens is 10. The number of fused-ring (bicyclic) bond motifs is 2. The fraction of sp³-hybridized carbons (Fsp3) is 0.588. The minimum atomic E-state index is -5.45. The molecule has 5 aromatic heterocycles. The molecule has 3 saturated heterocycles. The van der Waals surface area contributed by atoms with E-state index in [0.29, 0.717) is 0 Å². The molecule has 72 heavy (non-hydrogen) atoms. The molecule has 396 valence electrons. The topological polar surface area (TPSA) is 457 Å². The van der Waals surface area contributed by atoms with Gasteiger partial charge in [0.1, 0.15) is 54.9 Å². The molecule has 5 aromatic rings. The lowest BCUT2D eigenvalue weighted by Gasteiger charge is -2.28. The summed E-state index contributed by atoms with van der Waals surface area (Å²) in [6.07, 6.45) is -14.3. The second-order valence-electron chi connectivity index (χ2n) is 15.7. The average molecular weight is 1100 g/mol. The molecule has 0 saturated carbocycles. The number of nitrogens with zero attached hydrogens (tertiary/aromatic N) is 7. The van der Waals surface area contributed by atoms with Crippen molar-refractivity contribution in [1.29, 1.82) is 0 Å². The Hall–Kier alpha value is -4.58.